The molecule has 17 nitrogen and oxygen atoms in total. The molecule has 3 unspecified atom stereocenters. The fourth-order valence-corrected chi connectivity index (χ4v) is 12.4. The van der Waals surface area contributed by atoms with Crippen LogP contribution in [-0.4, -0.2) is 96.7 Å². The van der Waals surface area contributed by atoms with Gasteiger partial charge in [-0.2, -0.15) is 0 Å². The minimum atomic E-state index is -4.95. The van der Waals surface area contributed by atoms with Crippen LogP contribution in [0.25, 0.3) is 0 Å². The van der Waals surface area contributed by atoms with E-state index in [0.717, 1.165) is 102 Å². The maximum atomic E-state index is 13.0. The summed E-state index contributed by atoms with van der Waals surface area (Å²) in [4.78, 5) is 72.3. The summed E-state index contributed by atoms with van der Waals surface area (Å²) in [6.45, 7) is 7.11. The Kier molecular flexibility index (Phi) is 63.0. The SMILES string of the molecule is CCCCCCCCCCCCCCCCCCCCCC(=O)O[C@H](COC(=O)CCCCCCCCCCCCCCCCCC)COP(=O)(O)OC[C@@H](O)COP(=O)(O)OC[C@@H](COC(=O)CCCCCCC)OC(=O)CCCCCCCCC(C)CC. The topological polar surface area (TPSA) is 237 Å². The molecular formula is C71H138O17P2. The number of unbranched alkanes of at least 4 members (excludes halogenated alkanes) is 42. The molecule has 90 heavy (non-hydrogen) atoms. The van der Waals surface area contributed by atoms with Crippen LogP contribution in [0, 0.1) is 5.92 Å². The molecule has 0 radical (unpaired) electrons. The van der Waals surface area contributed by atoms with Gasteiger partial charge in [-0.15, -0.1) is 0 Å². The summed E-state index contributed by atoms with van der Waals surface area (Å²) in [5, 5.41) is 10.6. The van der Waals surface area contributed by atoms with E-state index >= 15 is 0 Å². The minimum absolute atomic E-state index is 0.102. The number of phosphoric acid groups is 2. The molecule has 0 spiro atoms. The zero-order chi connectivity index (χ0) is 66.3. The molecule has 0 aliphatic carbocycles. The normalized spacial score (nSPS) is 14.4. The molecular weight excluding hydrogens is 1190 g/mol. The molecule has 0 aliphatic rings. The third kappa shape index (κ3) is 63.5. The van der Waals surface area contributed by atoms with Gasteiger partial charge in [-0.1, -0.05) is 317 Å². The van der Waals surface area contributed by atoms with Gasteiger partial charge in [0, 0.05) is 25.7 Å². The van der Waals surface area contributed by atoms with E-state index in [0.29, 0.717) is 25.7 Å². The van der Waals surface area contributed by atoms with Crippen LogP contribution in [0.1, 0.15) is 369 Å². The van der Waals surface area contributed by atoms with Crippen LogP contribution >= 0.6 is 15.6 Å². The molecule has 0 aromatic heterocycles. The molecule has 0 aliphatic heterocycles. The fraction of sp³-hybridized carbons (Fsp3) is 0.944. The van der Waals surface area contributed by atoms with Gasteiger partial charge in [0.05, 0.1) is 26.4 Å². The first-order valence-electron chi connectivity index (χ1n) is 37.2. The summed E-state index contributed by atoms with van der Waals surface area (Å²) in [6.07, 6.45) is 51.9. The van der Waals surface area contributed by atoms with Crippen molar-refractivity contribution in [2.24, 2.45) is 5.92 Å². The molecule has 0 fully saturated rings. The van der Waals surface area contributed by atoms with Crippen molar-refractivity contribution >= 4 is 39.5 Å². The number of carbonyl (C=O) groups excluding carboxylic acids is 4. The number of phosphoric ester groups is 2. The standard InChI is InChI=1S/C71H138O17P2/c1-6-10-13-16-18-20-22-24-26-28-29-30-32-34-36-38-40-46-51-56-70(75)87-67(61-82-69(74)55-50-45-39-37-35-33-31-27-25-23-21-19-17-14-11-7-2)63-86-90(79,80)84-59-65(72)58-83-89(77,78)85-62-66(60-81-68(73)54-49-43-15-12-8-3)88-71(76)57-52-47-42-41-44-48-53-64(5)9-4/h64-67,72H,6-63H2,1-5H3,(H,77,78)(H,79,80)/t64?,65-,66+,67+/m0/s1. The molecule has 0 bridgehead atoms. The zero-order valence-corrected chi connectivity index (χ0v) is 60.1. The highest BCUT2D eigenvalue weighted by atomic mass is 31.2. The lowest BCUT2D eigenvalue weighted by molar-refractivity contribution is -0.161. The third-order valence-corrected chi connectivity index (χ3v) is 18.8. The highest BCUT2D eigenvalue weighted by Gasteiger charge is 2.30. The molecule has 6 atom stereocenters. The molecule has 0 amide bonds. The van der Waals surface area contributed by atoms with Gasteiger partial charge in [0.2, 0.25) is 0 Å². The average molecular weight is 1330 g/mol. The first kappa shape index (κ1) is 88.1. The molecule has 0 rings (SSSR count). The van der Waals surface area contributed by atoms with Crippen LogP contribution in [0.3, 0.4) is 0 Å². The number of aliphatic hydroxyl groups excluding tert-OH is 1. The Hall–Kier alpha value is -1.94. The molecule has 0 aromatic carbocycles. The number of rotatable bonds is 71. The fourth-order valence-electron chi connectivity index (χ4n) is 10.8. The lowest BCUT2D eigenvalue weighted by atomic mass is 10.00. The van der Waals surface area contributed by atoms with Gasteiger partial charge in [0.1, 0.15) is 19.3 Å². The second kappa shape index (κ2) is 64.4. The maximum absolute atomic E-state index is 13.0. The molecule has 534 valence electrons. The van der Waals surface area contributed by atoms with Gasteiger partial charge in [0.25, 0.3) is 0 Å². The Morgan fingerprint density at radius 2 is 0.533 bits per heavy atom. The van der Waals surface area contributed by atoms with Crippen molar-refractivity contribution in [2.45, 2.75) is 387 Å². The highest BCUT2D eigenvalue weighted by molar-refractivity contribution is 7.47. The molecule has 19 heteroatoms. The number of esters is 4. The summed E-state index contributed by atoms with van der Waals surface area (Å²) in [5.74, 6) is -1.41. The Labute approximate surface area is 549 Å². The smallest absolute Gasteiger partial charge is 0.462 e. The summed E-state index contributed by atoms with van der Waals surface area (Å²) in [7, 11) is -9.89. The summed E-state index contributed by atoms with van der Waals surface area (Å²) < 4.78 is 68.1. The van der Waals surface area contributed by atoms with E-state index in [1.165, 1.54) is 186 Å². The van der Waals surface area contributed by atoms with Crippen molar-refractivity contribution in [1.29, 1.82) is 0 Å². The number of hydrogen-bond donors (Lipinski definition) is 3. The molecule has 0 saturated heterocycles. The lowest BCUT2D eigenvalue weighted by Gasteiger charge is -2.21. The van der Waals surface area contributed by atoms with E-state index in [1.807, 2.05) is 0 Å². The Morgan fingerprint density at radius 1 is 0.311 bits per heavy atom. The van der Waals surface area contributed by atoms with Crippen molar-refractivity contribution in [3.63, 3.8) is 0 Å². The van der Waals surface area contributed by atoms with Crippen LogP contribution in [0.5, 0.6) is 0 Å². The highest BCUT2D eigenvalue weighted by Crippen LogP contribution is 2.45. The molecule has 0 aromatic rings. The third-order valence-electron chi connectivity index (χ3n) is 16.9. The molecule has 0 saturated carbocycles. The van der Waals surface area contributed by atoms with Crippen LogP contribution in [0.2, 0.25) is 0 Å². The van der Waals surface area contributed by atoms with Gasteiger partial charge in [-0.05, 0) is 31.6 Å². The van der Waals surface area contributed by atoms with E-state index < -0.39 is 97.5 Å². The second-order valence-electron chi connectivity index (χ2n) is 25.9. The van der Waals surface area contributed by atoms with Gasteiger partial charge < -0.3 is 33.8 Å². The van der Waals surface area contributed by atoms with E-state index in [2.05, 4.69) is 34.6 Å². The number of hydrogen-bond acceptors (Lipinski definition) is 15. The van der Waals surface area contributed by atoms with Crippen molar-refractivity contribution in [2.75, 3.05) is 39.6 Å². The number of ether oxygens (including phenoxy) is 4. The first-order chi connectivity index (χ1) is 43.6. The van der Waals surface area contributed by atoms with Crippen molar-refractivity contribution in [3.05, 3.63) is 0 Å². The van der Waals surface area contributed by atoms with Gasteiger partial charge >= 0.3 is 39.5 Å². The lowest BCUT2D eigenvalue weighted by Crippen LogP contribution is -2.30. The van der Waals surface area contributed by atoms with Crippen LogP contribution in [0.15, 0.2) is 0 Å². The minimum Gasteiger partial charge on any atom is -0.462 e. The van der Waals surface area contributed by atoms with E-state index in [1.54, 1.807) is 0 Å². The van der Waals surface area contributed by atoms with Crippen molar-refractivity contribution < 1.29 is 80.2 Å². The van der Waals surface area contributed by atoms with Crippen molar-refractivity contribution in [3.8, 4) is 0 Å². The van der Waals surface area contributed by atoms with Crippen molar-refractivity contribution in [1.82, 2.24) is 0 Å². The van der Waals surface area contributed by atoms with Gasteiger partial charge in [-0.3, -0.25) is 37.3 Å². The van der Waals surface area contributed by atoms with E-state index in [-0.39, 0.29) is 25.7 Å². The largest absolute Gasteiger partial charge is 0.472 e. The predicted octanol–water partition coefficient (Wildman–Crippen LogP) is 20.5. The summed E-state index contributed by atoms with van der Waals surface area (Å²) in [6, 6.07) is 0. The molecule has 0 heterocycles. The first-order valence-corrected chi connectivity index (χ1v) is 40.2. The number of aliphatic hydroxyl groups is 1. The Balaban J connectivity index is 5.14. The number of carbonyl (C=O) groups is 4. The quantitative estimate of drug-likeness (QED) is 0.0222. The monoisotopic (exact) mass is 1320 g/mol. The summed E-state index contributed by atoms with van der Waals surface area (Å²) >= 11 is 0. The zero-order valence-electron chi connectivity index (χ0n) is 58.3. The van der Waals surface area contributed by atoms with Crippen LogP contribution in [0.4, 0.5) is 0 Å². The van der Waals surface area contributed by atoms with Gasteiger partial charge in [0.15, 0.2) is 12.2 Å². The average Bonchev–Trinajstić information content (AvgIpc) is 3.04. The predicted molar refractivity (Wildman–Crippen MR) is 363 cm³/mol. The Morgan fingerprint density at radius 3 is 0.789 bits per heavy atom. The Bertz CT molecular complexity index is 1740. The van der Waals surface area contributed by atoms with Gasteiger partial charge in [-0.25, -0.2) is 9.13 Å². The summed E-state index contributed by atoms with van der Waals surface area (Å²) in [5.41, 5.74) is 0. The molecule has 3 N–H and O–H groups in total. The van der Waals surface area contributed by atoms with Crippen LogP contribution < -0.4 is 0 Å². The second-order valence-corrected chi connectivity index (χ2v) is 28.8. The van der Waals surface area contributed by atoms with E-state index in [4.69, 9.17) is 37.0 Å². The maximum Gasteiger partial charge on any atom is 0.472 e. The van der Waals surface area contributed by atoms with E-state index in [9.17, 15) is 43.2 Å². The van der Waals surface area contributed by atoms with Crippen LogP contribution in [-0.2, 0) is 65.4 Å².